The standard InChI is InChI=1S/C14H23N3O/c1-2-13(15)14(11-4-3-7-16-10-11)17(8-9-18)12-5-6-12/h3-4,7,10,12-14,18H,2,5-6,8-9,15H2,1H3. The summed E-state index contributed by atoms with van der Waals surface area (Å²) in [4.78, 5) is 6.55. The second-order valence-corrected chi connectivity index (χ2v) is 5.00. The fourth-order valence-corrected chi connectivity index (χ4v) is 2.53. The van der Waals surface area contributed by atoms with E-state index in [4.69, 9.17) is 5.73 Å². The summed E-state index contributed by atoms with van der Waals surface area (Å²) in [6, 6.07) is 4.87. The van der Waals surface area contributed by atoms with Crippen LogP contribution in [0.3, 0.4) is 0 Å². The molecule has 0 amide bonds. The molecule has 0 aromatic carbocycles. The lowest BCUT2D eigenvalue weighted by molar-refractivity contribution is 0.124. The highest BCUT2D eigenvalue weighted by atomic mass is 16.3. The smallest absolute Gasteiger partial charge is 0.0558 e. The van der Waals surface area contributed by atoms with Crippen LogP contribution in [0.5, 0.6) is 0 Å². The number of rotatable bonds is 7. The maximum atomic E-state index is 9.27. The fraction of sp³-hybridized carbons (Fsp3) is 0.643. The minimum absolute atomic E-state index is 0.0846. The van der Waals surface area contributed by atoms with Crippen molar-refractivity contribution in [2.24, 2.45) is 5.73 Å². The van der Waals surface area contributed by atoms with Gasteiger partial charge in [-0.05, 0) is 30.9 Å². The van der Waals surface area contributed by atoms with Gasteiger partial charge in [0.1, 0.15) is 0 Å². The molecule has 0 bridgehead atoms. The van der Waals surface area contributed by atoms with E-state index in [0.29, 0.717) is 12.6 Å². The van der Waals surface area contributed by atoms with Gasteiger partial charge >= 0.3 is 0 Å². The summed E-state index contributed by atoms with van der Waals surface area (Å²) in [5.41, 5.74) is 7.45. The van der Waals surface area contributed by atoms with Crippen LogP contribution in [0.4, 0.5) is 0 Å². The van der Waals surface area contributed by atoms with Crippen LogP contribution in [0, 0.1) is 0 Å². The van der Waals surface area contributed by atoms with Crippen molar-refractivity contribution in [3.05, 3.63) is 30.1 Å². The van der Waals surface area contributed by atoms with Gasteiger partial charge in [-0.15, -0.1) is 0 Å². The summed E-state index contributed by atoms with van der Waals surface area (Å²) in [5, 5.41) is 9.27. The van der Waals surface area contributed by atoms with Crippen LogP contribution >= 0.6 is 0 Å². The highest BCUT2D eigenvalue weighted by Crippen LogP contribution is 2.35. The molecule has 2 atom stereocenters. The highest BCUT2D eigenvalue weighted by molar-refractivity contribution is 5.17. The minimum atomic E-state index is 0.0846. The molecule has 1 aliphatic rings. The predicted octanol–water partition coefficient (Wildman–Crippen LogP) is 1.32. The Morgan fingerprint density at radius 2 is 2.33 bits per heavy atom. The Morgan fingerprint density at radius 3 is 2.83 bits per heavy atom. The van der Waals surface area contributed by atoms with E-state index in [9.17, 15) is 5.11 Å². The maximum Gasteiger partial charge on any atom is 0.0558 e. The quantitative estimate of drug-likeness (QED) is 0.765. The van der Waals surface area contributed by atoms with Crippen molar-refractivity contribution >= 4 is 0 Å². The number of pyridine rings is 1. The second-order valence-electron chi connectivity index (χ2n) is 5.00. The zero-order valence-corrected chi connectivity index (χ0v) is 11.0. The SMILES string of the molecule is CCC(N)C(c1cccnc1)N(CCO)C1CC1. The molecule has 2 unspecified atom stereocenters. The van der Waals surface area contributed by atoms with Crippen molar-refractivity contribution < 1.29 is 5.11 Å². The molecule has 0 radical (unpaired) electrons. The molecule has 0 saturated heterocycles. The molecule has 2 rings (SSSR count). The Bertz CT molecular complexity index is 353. The molecule has 1 fully saturated rings. The van der Waals surface area contributed by atoms with Crippen molar-refractivity contribution in [3.8, 4) is 0 Å². The summed E-state index contributed by atoms with van der Waals surface area (Å²) in [6.07, 6.45) is 7.03. The van der Waals surface area contributed by atoms with E-state index in [1.807, 2.05) is 12.3 Å². The Kier molecular flexibility index (Phi) is 4.69. The van der Waals surface area contributed by atoms with Gasteiger partial charge in [0.15, 0.2) is 0 Å². The van der Waals surface area contributed by atoms with Crippen LogP contribution in [0.1, 0.15) is 37.8 Å². The fourth-order valence-electron chi connectivity index (χ4n) is 2.53. The Hall–Kier alpha value is -0.970. The molecule has 100 valence electrons. The Morgan fingerprint density at radius 1 is 1.56 bits per heavy atom. The molecular weight excluding hydrogens is 226 g/mol. The third-order valence-corrected chi connectivity index (χ3v) is 3.63. The van der Waals surface area contributed by atoms with E-state index >= 15 is 0 Å². The van der Waals surface area contributed by atoms with Gasteiger partial charge < -0.3 is 10.8 Å². The molecule has 1 aliphatic carbocycles. The third kappa shape index (κ3) is 3.07. The molecule has 1 heterocycles. The zero-order valence-electron chi connectivity index (χ0n) is 11.0. The molecule has 4 heteroatoms. The van der Waals surface area contributed by atoms with E-state index in [1.165, 1.54) is 12.8 Å². The summed E-state index contributed by atoms with van der Waals surface area (Å²) in [5.74, 6) is 0. The number of aromatic nitrogens is 1. The van der Waals surface area contributed by atoms with Crippen LogP contribution in [-0.2, 0) is 0 Å². The normalized spacial score (nSPS) is 18.9. The van der Waals surface area contributed by atoms with Crippen molar-refractivity contribution in [1.29, 1.82) is 0 Å². The number of nitrogens with zero attached hydrogens (tertiary/aromatic N) is 2. The first-order valence-electron chi connectivity index (χ1n) is 6.80. The first-order valence-corrected chi connectivity index (χ1v) is 6.80. The van der Waals surface area contributed by atoms with Crippen LogP contribution in [0.2, 0.25) is 0 Å². The van der Waals surface area contributed by atoms with Crippen molar-refractivity contribution in [2.75, 3.05) is 13.2 Å². The lowest BCUT2D eigenvalue weighted by Gasteiger charge is -2.35. The molecule has 3 N–H and O–H groups in total. The second kappa shape index (κ2) is 6.27. The van der Waals surface area contributed by atoms with Crippen molar-refractivity contribution in [3.63, 3.8) is 0 Å². The van der Waals surface area contributed by atoms with E-state index in [-0.39, 0.29) is 18.7 Å². The summed E-state index contributed by atoms with van der Waals surface area (Å²) >= 11 is 0. The zero-order chi connectivity index (χ0) is 13.0. The van der Waals surface area contributed by atoms with E-state index in [2.05, 4.69) is 22.9 Å². The number of hydrogen-bond donors (Lipinski definition) is 2. The number of hydrogen-bond acceptors (Lipinski definition) is 4. The van der Waals surface area contributed by atoms with Gasteiger partial charge in [-0.2, -0.15) is 0 Å². The van der Waals surface area contributed by atoms with Gasteiger partial charge in [-0.1, -0.05) is 13.0 Å². The van der Waals surface area contributed by atoms with Crippen molar-refractivity contribution in [1.82, 2.24) is 9.88 Å². The van der Waals surface area contributed by atoms with Crippen molar-refractivity contribution in [2.45, 2.75) is 44.3 Å². The molecular formula is C14H23N3O. The molecule has 0 aliphatic heterocycles. The van der Waals surface area contributed by atoms with Crippen LogP contribution in [-0.4, -0.2) is 40.2 Å². The Balaban J connectivity index is 2.23. The molecule has 0 spiro atoms. The number of aliphatic hydroxyl groups excluding tert-OH is 1. The minimum Gasteiger partial charge on any atom is -0.395 e. The molecule has 1 aromatic rings. The number of nitrogens with two attached hydrogens (primary N) is 1. The highest BCUT2D eigenvalue weighted by Gasteiger charge is 2.36. The van der Waals surface area contributed by atoms with Gasteiger partial charge in [-0.25, -0.2) is 0 Å². The maximum absolute atomic E-state index is 9.27. The lowest BCUT2D eigenvalue weighted by Crippen LogP contribution is -2.43. The van der Waals surface area contributed by atoms with Gasteiger partial charge in [0, 0.05) is 31.0 Å². The Labute approximate surface area is 109 Å². The third-order valence-electron chi connectivity index (χ3n) is 3.63. The average molecular weight is 249 g/mol. The first kappa shape index (κ1) is 13.5. The summed E-state index contributed by atoms with van der Waals surface area (Å²) in [6.45, 7) is 2.99. The topological polar surface area (TPSA) is 62.4 Å². The van der Waals surface area contributed by atoms with Gasteiger partial charge in [0.25, 0.3) is 0 Å². The summed E-state index contributed by atoms with van der Waals surface area (Å²) in [7, 11) is 0. The molecule has 1 saturated carbocycles. The largest absolute Gasteiger partial charge is 0.395 e. The van der Waals surface area contributed by atoms with E-state index < -0.39 is 0 Å². The van der Waals surface area contributed by atoms with Gasteiger partial charge in [-0.3, -0.25) is 9.88 Å². The average Bonchev–Trinajstić information content (AvgIpc) is 3.23. The van der Waals surface area contributed by atoms with Crippen LogP contribution < -0.4 is 5.73 Å². The number of aliphatic hydroxyl groups is 1. The monoisotopic (exact) mass is 249 g/mol. The summed E-state index contributed by atoms with van der Waals surface area (Å²) < 4.78 is 0. The molecule has 18 heavy (non-hydrogen) atoms. The predicted molar refractivity (Wildman–Crippen MR) is 72.1 cm³/mol. The van der Waals surface area contributed by atoms with Crippen LogP contribution in [0.15, 0.2) is 24.5 Å². The van der Waals surface area contributed by atoms with E-state index in [1.54, 1.807) is 6.20 Å². The van der Waals surface area contributed by atoms with Gasteiger partial charge in [0.05, 0.1) is 12.6 Å². The first-order chi connectivity index (χ1) is 8.77. The van der Waals surface area contributed by atoms with Gasteiger partial charge in [0.2, 0.25) is 0 Å². The van der Waals surface area contributed by atoms with E-state index in [0.717, 1.165) is 12.0 Å². The molecule has 4 nitrogen and oxygen atoms in total. The van der Waals surface area contributed by atoms with Crippen LogP contribution in [0.25, 0.3) is 0 Å². The molecule has 1 aromatic heterocycles. The lowest BCUT2D eigenvalue weighted by atomic mass is 9.97.